The van der Waals surface area contributed by atoms with E-state index in [0.29, 0.717) is 18.0 Å². The quantitative estimate of drug-likeness (QED) is 0.830. The summed E-state index contributed by atoms with van der Waals surface area (Å²) >= 11 is 0. The molecule has 0 radical (unpaired) electrons. The molecule has 6 heteroatoms. The van der Waals surface area contributed by atoms with Crippen molar-refractivity contribution in [2.75, 3.05) is 25.6 Å². The van der Waals surface area contributed by atoms with Crippen molar-refractivity contribution >= 4 is 17.7 Å². The Kier molecular flexibility index (Phi) is 5.50. The van der Waals surface area contributed by atoms with Crippen molar-refractivity contribution in [3.8, 4) is 5.75 Å². The Morgan fingerprint density at radius 3 is 2.78 bits per heavy atom. The number of hydrogen-bond donors (Lipinski definition) is 2. The summed E-state index contributed by atoms with van der Waals surface area (Å²) in [6.07, 6.45) is -0.527. The summed E-state index contributed by atoms with van der Waals surface area (Å²) in [6.45, 7) is 1.96. The summed E-state index contributed by atoms with van der Waals surface area (Å²) < 4.78 is 9.98. The average molecular weight is 252 g/mol. The zero-order chi connectivity index (χ0) is 13.4. The minimum Gasteiger partial charge on any atom is -0.484 e. The number of benzene rings is 1. The Bertz CT molecular complexity index is 420. The van der Waals surface area contributed by atoms with Crippen LogP contribution >= 0.6 is 0 Å². The number of amides is 2. The molecule has 98 valence electrons. The second-order valence-electron chi connectivity index (χ2n) is 3.34. The number of carbonyl (C=O) groups excluding carboxylic acids is 2. The molecule has 0 aliphatic heterocycles. The van der Waals surface area contributed by atoms with Crippen LogP contribution in [0.3, 0.4) is 0 Å². The van der Waals surface area contributed by atoms with E-state index in [0.717, 1.165) is 0 Å². The summed E-state index contributed by atoms with van der Waals surface area (Å²) in [5.74, 6) is 0.270. The Labute approximate surface area is 105 Å². The Balaban J connectivity index is 2.56. The zero-order valence-electron chi connectivity index (χ0n) is 10.4. The van der Waals surface area contributed by atoms with E-state index in [9.17, 15) is 9.59 Å². The number of ether oxygens (including phenoxy) is 2. The molecule has 6 nitrogen and oxygen atoms in total. The molecule has 0 saturated heterocycles. The number of anilines is 1. The second kappa shape index (κ2) is 7.16. The predicted octanol–water partition coefficient (Wildman–Crippen LogP) is 1.38. The van der Waals surface area contributed by atoms with Gasteiger partial charge in [0.2, 0.25) is 0 Å². The first-order chi connectivity index (χ1) is 8.65. The van der Waals surface area contributed by atoms with Crippen LogP contribution in [-0.4, -0.2) is 32.3 Å². The van der Waals surface area contributed by atoms with Crippen LogP contribution in [0.1, 0.15) is 6.92 Å². The molecule has 0 atom stereocenters. The highest BCUT2D eigenvalue weighted by Gasteiger charge is 2.04. The van der Waals surface area contributed by atoms with Crippen LogP contribution in [0.25, 0.3) is 0 Å². The van der Waals surface area contributed by atoms with Crippen LogP contribution in [0.15, 0.2) is 24.3 Å². The molecule has 0 aliphatic carbocycles. The van der Waals surface area contributed by atoms with Crippen LogP contribution < -0.4 is 15.4 Å². The van der Waals surface area contributed by atoms with Crippen molar-refractivity contribution in [1.29, 1.82) is 0 Å². The molecular weight excluding hydrogens is 236 g/mol. The van der Waals surface area contributed by atoms with Gasteiger partial charge in [0.1, 0.15) is 5.75 Å². The number of rotatable bonds is 5. The SMILES string of the molecule is CCOC(=O)Nc1cccc(OCC(=O)NC)c1. The lowest BCUT2D eigenvalue weighted by Gasteiger charge is -2.08. The first kappa shape index (κ1) is 13.8. The maximum absolute atomic E-state index is 11.2. The highest BCUT2D eigenvalue weighted by molar-refractivity contribution is 5.84. The third kappa shape index (κ3) is 4.73. The van der Waals surface area contributed by atoms with Crippen molar-refractivity contribution in [3.63, 3.8) is 0 Å². The number of carbonyl (C=O) groups is 2. The molecule has 2 amide bonds. The van der Waals surface area contributed by atoms with Gasteiger partial charge in [-0.25, -0.2) is 4.79 Å². The molecule has 1 aromatic rings. The molecule has 0 aliphatic rings. The molecule has 0 unspecified atom stereocenters. The Morgan fingerprint density at radius 2 is 2.11 bits per heavy atom. The summed E-state index contributed by atoms with van der Waals surface area (Å²) in [4.78, 5) is 22.2. The molecule has 18 heavy (non-hydrogen) atoms. The van der Waals surface area contributed by atoms with E-state index in [4.69, 9.17) is 9.47 Å². The monoisotopic (exact) mass is 252 g/mol. The highest BCUT2D eigenvalue weighted by Crippen LogP contribution is 2.17. The molecule has 0 aromatic heterocycles. The van der Waals surface area contributed by atoms with Gasteiger partial charge in [-0.15, -0.1) is 0 Å². The van der Waals surface area contributed by atoms with E-state index < -0.39 is 6.09 Å². The summed E-state index contributed by atoms with van der Waals surface area (Å²) in [6, 6.07) is 6.71. The molecule has 0 bridgehead atoms. The van der Waals surface area contributed by atoms with Gasteiger partial charge in [0.15, 0.2) is 6.61 Å². The maximum atomic E-state index is 11.2. The molecule has 1 aromatic carbocycles. The number of nitrogens with one attached hydrogen (secondary N) is 2. The zero-order valence-corrected chi connectivity index (χ0v) is 10.4. The fourth-order valence-corrected chi connectivity index (χ4v) is 1.17. The molecule has 2 N–H and O–H groups in total. The standard InChI is InChI=1S/C12H16N2O4/c1-3-17-12(16)14-9-5-4-6-10(7-9)18-8-11(15)13-2/h4-7H,3,8H2,1-2H3,(H,13,15)(H,14,16). The molecule has 1 rings (SSSR count). The normalized spacial score (nSPS) is 9.44. The number of likely N-dealkylation sites (N-methyl/N-ethyl adjacent to an activating group) is 1. The molecule has 0 saturated carbocycles. The first-order valence-electron chi connectivity index (χ1n) is 5.53. The smallest absolute Gasteiger partial charge is 0.411 e. The predicted molar refractivity (Wildman–Crippen MR) is 66.6 cm³/mol. The minimum absolute atomic E-state index is 0.0701. The second-order valence-corrected chi connectivity index (χ2v) is 3.34. The largest absolute Gasteiger partial charge is 0.484 e. The Hall–Kier alpha value is -2.24. The molecule has 0 spiro atoms. The van der Waals surface area contributed by atoms with Gasteiger partial charge in [0, 0.05) is 18.8 Å². The van der Waals surface area contributed by atoms with Gasteiger partial charge in [-0.3, -0.25) is 10.1 Å². The first-order valence-corrected chi connectivity index (χ1v) is 5.53. The summed E-state index contributed by atoms with van der Waals surface area (Å²) in [5.41, 5.74) is 0.544. The lowest BCUT2D eigenvalue weighted by molar-refractivity contribution is -0.122. The van der Waals surface area contributed by atoms with Gasteiger partial charge in [-0.05, 0) is 19.1 Å². The van der Waals surface area contributed by atoms with Crippen molar-refractivity contribution in [3.05, 3.63) is 24.3 Å². The highest BCUT2D eigenvalue weighted by atomic mass is 16.5. The fraction of sp³-hybridized carbons (Fsp3) is 0.333. The average Bonchev–Trinajstić information content (AvgIpc) is 2.36. The van der Waals surface area contributed by atoms with Crippen LogP contribution in [-0.2, 0) is 9.53 Å². The molecular formula is C12H16N2O4. The van der Waals surface area contributed by atoms with Gasteiger partial charge in [-0.1, -0.05) is 6.07 Å². The van der Waals surface area contributed by atoms with Gasteiger partial charge < -0.3 is 14.8 Å². The number of hydrogen-bond acceptors (Lipinski definition) is 4. The third-order valence-electron chi connectivity index (χ3n) is 2.00. The van der Waals surface area contributed by atoms with E-state index in [2.05, 4.69) is 10.6 Å². The van der Waals surface area contributed by atoms with E-state index in [1.54, 1.807) is 31.2 Å². The molecule has 0 fully saturated rings. The van der Waals surface area contributed by atoms with Crippen molar-refractivity contribution < 1.29 is 19.1 Å². The minimum atomic E-state index is -0.527. The Morgan fingerprint density at radius 1 is 1.33 bits per heavy atom. The van der Waals surface area contributed by atoms with Gasteiger partial charge >= 0.3 is 6.09 Å². The summed E-state index contributed by atoms with van der Waals surface area (Å²) in [5, 5.41) is 4.99. The van der Waals surface area contributed by atoms with Crippen molar-refractivity contribution in [2.24, 2.45) is 0 Å². The van der Waals surface area contributed by atoms with Crippen molar-refractivity contribution in [2.45, 2.75) is 6.92 Å². The van der Waals surface area contributed by atoms with Crippen LogP contribution in [0, 0.1) is 0 Å². The van der Waals surface area contributed by atoms with E-state index in [1.165, 1.54) is 7.05 Å². The molecule has 0 heterocycles. The van der Waals surface area contributed by atoms with Crippen LogP contribution in [0.2, 0.25) is 0 Å². The van der Waals surface area contributed by atoms with E-state index >= 15 is 0 Å². The fourth-order valence-electron chi connectivity index (χ4n) is 1.17. The summed E-state index contributed by atoms with van der Waals surface area (Å²) in [7, 11) is 1.53. The van der Waals surface area contributed by atoms with Crippen LogP contribution in [0.5, 0.6) is 5.75 Å². The lowest BCUT2D eigenvalue weighted by Crippen LogP contribution is -2.24. The van der Waals surface area contributed by atoms with Gasteiger partial charge in [-0.2, -0.15) is 0 Å². The van der Waals surface area contributed by atoms with Crippen LogP contribution in [0.4, 0.5) is 10.5 Å². The van der Waals surface area contributed by atoms with Gasteiger partial charge in [0.05, 0.1) is 6.61 Å². The lowest BCUT2D eigenvalue weighted by atomic mass is 10.3. The van der Waals surface area contributed by atoms with Crippen molar-refractivity contribution in [1.82, 2.24) is 5.32 Å². The van der Waals surface area contributed by atoms with E-state index in [-0.39, 0.29) is 12.5 Å². The van der Waals surface area contributed by atoms with E-state index in [1.807, 2.05) is 0 Å². The third-order valence-corrected chi connectivity index (χ3v) is 2.00. The maximum Gasteiger partial charge on any atom is 0.411 e. The van der Waals surface area contributed by atoms with Gasteiger partial charge in [0.25, 0.3) is 5.91 Å². The topological polar surface area (TPSA) is 76.7 Å².